The quantitative estimate of drug-likeness (QED) is 0.640. The zero-order valence-corrected chi connectivity index (χ0v) is 13.3. The molecule has 0 aromatic heterocycles. The van der Waals surface area contributed by atoms with Crippen LogP contribution >= 0.6 is 11.9 Å². The van der Waals surface area contributed by atoms with E-state index in [1.807, 2.05) is 62.4 Å². The number of imide groups is 1. The number of urea groups is 1. The summed E-state index contributed by atoms with van der Waals surface area (Å²) in [4.78, 5) is 27.0. The van der Waals surface area contributed by atoms with Crippen molar-refractivity contribution in [2.75, 3.05) is 11.4 Å². The first-order valence-electron chi connectivity index (χ1n) is 7.00. The first-order valence-corrected chi connectivity index (χ1v) is 7.78. The maximum absolute atomic E-state index is 12.5. The van der Waals surface area contributed by atoms with Crippen LogP contribution in [0.3, 0.4) is 0 Å². The number of carbonyl (C=O) groups is 2. The van der Waals surface area contributed by atoms with Crippen molar-refractivity contribution in [1.82, 2.24) is 4.31 Å². The smallest absolute Gasteiger partial charge is 0.284 e. The van der Waals surface area contributed by atoms with E-state index in [0.717, 1.165) is 21.7 Å². The lowest BCUT2D eigenvalue weighted by atomic mass is 10.2. The molecule has 0 unspecified atom stereocenters. The fourth-order valence-electron chi connectivity index (χ4n) is 2.20. The Balaban J connectivity index is 1.79. The molecule has 1 saturated heterocycles. The van der Waals surface area contributed by atoms with E-state index in [9.17, 15) is 9.59 Å². The molecule has 1 aliphatic heterocycles. The molecule has 2 aromatic rings. The van der Waals surface area contributed by atoms with Crippen LogP contribution in [0.2, 0.25) is 0 Å². The largest absolute Gasteiger partial charge is 0.342 e. The van der Waals surface area contributed by atoms with E-state index in [1.165, 1.54) is 21.2 Å². The van der Waals surface area contributed by atoms with E-state index < -0.39 is 0 Å². The van der Waals surface area contributed by atoms with Crippen LogP contribution in [0.1, 0.15) is 11.1 Å². The second kappa shape index (κ2) is 5.85. The molecule has 0 bridgehead atoms. The highest BCUT2D eigenvalue weighted by Gasteiger charge is 2.37. The van der Waals surface area contributed by atoms with Crippen LogP contribution in [-0.2, 0) is 4.79 Å². The standard InChI is InChI=1S/C17H16N2O2S/c1-12-3-7-14(8-4-12)18-11-16(20)19(17(18)21)22-15-9-5-13(2)6-10-15/h3-10H,11H2,1-2H3. The summed E-state index contributed by atoms with van der Waals surface area (Å²) in [6, 6.07) is 15.0. The maximum Gasteiger partial charge on any atom is 0.342 e. The van der Waals surface area contributed by atoms with Crippen molar-refractivity contribution in [2.45, 2.75) is 18.7 Å². The molecule has 22 heavy (non-hydrogen) atoms. The van der Waals surface area contributed by atoms with Gasteiger partial charge in [-0.2, -0.15) is 4.31 Å². The average molecular weight is 312 g/mol. The van der Waals surface area contributed by atoms with E-state index in [4.69, 9.17) is 0 Å². The lowest BCUT2D eigenvalue weighted by molar-refractivity contribution is -0.121. The third-order valence-corrected chi connectivity index (χ3v) is 4.51. The minimum Gasteiger partial charge on any atom is -0.284 e. The minimum absolute atomic E-state index is 0.0841. The van der Waals surface area contributed by atoms with Crippen molar-refractivity contribution in [1.29, 1.82) is 0 Å². The van der Waals surface area contributed by atoms with Gasteiger partial charge in [0.1, 0.15) is 6.54 Å². The third kappa shape index (κ3) is 2.85. The SMILES string of the molecule is Cc1ccc(SN2C(=O)CN(c3ccc(C)cc3)C2=O)cc1. The highest BCUT2D eigenvalue weighted by Crippen LogP contribution is 2.30. The summed E-state index contributed by atoms with van der Waals surface area (Å²) in [6.45, 7) is 4.07. The predicted molar refractivity (Wildman–Crippen MR) is 87.8 cm³/mol. The number of aryl methyl sites for hydroxylation is 2. The molecule has 0 aliphatic carbocycles. The molecule has 1 aliphatic rings. The van der Waals surface area contributed by atoms with Crippen molar-refractivity contribution in [3.8, 4) is 0 Å². The molecule has 1 heterocycles. The normalized spacial score (nSPS) is 14.8. The molecule has 0 atom stereocenters. The molecule has 3 amide bonds. The molecular weight excluding hydrogens is 296 g/mol. The van der Waals surface area contributed by atoms with Gasteiger partial charge in [-0.25, -0.2) is 4.79 Å². The number of hydrogen-bond donors (Lipinski definition) is 0. The van der Waals surface area contributed by atoms with Crippen molar-refractivity contribution < 1.29 is 9.59 Å². The Morgan fingerprint density at radius 2 is 1.41 bits per heavy atom. The van der Waals surface area contributed by atoms with Crippen molar-refractivity contribution in [3.05, 3.63) is 59.7 Å². The van der Waals surface area contributed by atoms with E-state index in [-0.39, 0.29) is 18.5 Å². The Morgan fingerprint density at radius 1 is 0.864 bits per heavy atom. The van der Waals surface area contributed by atoms with Gasteiger partial charge in [0.15, 0.2) is 0 Å². The summed E-state index contributed by atoms with van der Waals surface area (Å²) in [5.41, 5.74) is 3.01. The van der Waals surface area contributed by atoms with Gasteiger partial charge in [0, 0.05) is 10.6 Å². The van der Waals surface area contributed by atoms with Gasteiger partial charge in [0.05, 0.1) is 0 Å². The first-order chi connectivity index (χ1) is 10.5. The first kappa shape index (κ1) is 14.7. The molecule has 2 aromatic carbocycles. The van der Waals surface area contributed by atoms with Crippen LogP contribution in [-0.4, -0.2) is 22.8 Å². The summed E-state index contributed by atoms with van der Waals surface area (Å²) in [5, 5.41) is 0. The molecule has 3 rings (SSSR count). The Kier molecular flexibility index (Phi) is 3.90. The molecule has 0 saturated carbocycles. The monoisotopic (exact) mass is 312 g/mol. The van der Waals surface area contributed by atoms with Gasteiger partial charge in [-0.05, 0) is 50.1 Å². The molecule has 0 spiro atoms. The summed E-state index contributed by atoms with van der Waals surface area (Å²) < 4.78 is 1.23. The van der Waals surface area contributed by atoms with Crippen molar-refractivity contribution in [2.24, 2.45) is 0 Å². The second-order valence-electron chi connectivity index (χ2n) is 5.30. The Labute approximate surface area is 133 Å². The molecule has 0 N–H and O–H groups in total. The Morgan fingerprint density at radius 3 is 2.00 bits per heavy atom. The fraction of sp³-hybridized carbons (Fsp3) is 0.176. The van der Waals surface area contributed by atoms with Crippen LogP contribution in [0.25, 0.3) is 0 Å². The Bertz CT molecular complexity index is 710. The highest BCUT2D eigenvalue weighted by atomic mass is 32.2. The van der Waals surface area contributed by atoms with Crippen molar-refractivity contribution >= 4 is 29.6 Å². The topological polar surface area (TPSA) is 40.6 Å². The second-order valence-corrected chi connectivity index (χ2v) is 6.32. The lowest BCUT2D eigenvalue weighted by Gasteiger charge is -2.16. The van der Waals surface area contributed by atoms with Crippen LogP contribution < -0.4 is 4.90 Å². The van der Waals surface area contributed by atoms with Crippen LogP contribution in [0.4, 0.5) is 10.5 Å². The van der Waals surface area contributed by atoms with Gasteiger partial charge >= 0.3 is 6.03 Å². The van der Waals surface area contributed by atoms with Gasteiger partial charge in [0.2, 0.25) is 0 Å². The zero-order chi connectivity index (χ0) is 15.7. The van der Waals surface area contributed by atoms with Gasteiger partial charge in [-0.3, -0.25) is 9.69 Å². The van der Waals surface area contributed by atoms with Crippen molar-refractivity contribution in [3.63, 3.8) is 0 Å². The number of amides is 3. The number of nitrogens with zero attached hydrogens (tertiary/aromatic N) is 2. The van der Waals surface area contributed by atoms with E-state index in [2.05, 4.69) is 0 Å². The number of benzene rings is 2. The molecular formula is C17H16N2O2S. The highest BCUT2D eigenvalue weighted by molar-refractivity contribution is 7.98. The third-order valence-electron chi connectivity index (χ3n) is 3.49. The summed E-state index contributed by atoms with van der Waals surface area (Å²) >= 11 is 1.17. The summed E-state index contributed by atoms with van der Waals surface area (Å²) in [6.07, 6.45) is 0. The van der Waals surface area contributed by atoms with Crippen LogP contribution in [0, 0.1) is 13.8 Å². The molecule has 0 radical (unpaired) electrons. The number of carbonyl (C=O) groups excluding carboxylic acids is 2. The van der Waals surface area contributed by atoms with Gasteiger partial charge in [-0.15, -0.1) is 0 Å². The molecule has 4 nitrogen and oxygen atoms in total. The lowest BCUT2D eigenvalue weighted by Crippen LogP contribution is -2.28. The summed E-state index contributed by atoms with van der Waals surface area (Å²) in [7, 11) is 0. The van der Waals surface area contributed by atoms with E-state index >= 15 is 0 Å². The van der Waals surface area contributed by atoms with Crippen LogP contribution in [0.5, 0.6) is 0 Å². The van der Waals surface area contributed by atoms with Gasteiger partial charge < -0.3 is 0 Å². The van der Waals surface area contributed by atoms with E-state index in [0.29, 0.717) is 0 Å². The number of rotatable bonds is 3. The zero-order valence-electron chi connectivity index (χ0n) is 12.4. The molecule has 5 heteroatoms. The van der Waals surface area contributed by atoms with Gasteiger partial charge in [0.25, 0.3) is 5.91 Å². The van der Waals surface area contributed by atoms with Crippen LogP contribution in [0.15, 0.2) is 53.4 Å². The predicted octanol–water partition coefficient (Wildman–Crippen LogP) is 3.78. The summed E-state index contributed by atoms with van der Waals surface area (Å²) in [5.74, 6) is -0.198. The fourth-order valence-corrected chi connectivity index (χ4v) is 3.01. The average Bonchev–Trinajstić information content (AvgIpc) is 2.78. The molecule has 112 valence electrons. The maximum atomic E-state index is 12.5. The number of anilines is 1. The Hall–Kier alpha value is -2.27. The van der Waals surface area contributed by atoms with Gasteiger partial charge in [-0.1, -0.05) is 35.4 Å². The minimum atomic E-state index is -0.292. The molecule has 1 fully saturated rings. The number of hydrogen-bond acceptors (Lipinski definition) is 3. The van der Waals surface area contributed by atoms with E-state index in [1.54, 1.807) is 0 Å².